The van der Waals surface area contributed by atoms with Crippen LogP contribution >= 0.6 is 0 Å². The van der Waals surface area contributed by atoms with Crippen molar-refractivity contribution in [2.75, 3.05) is 18.5 Å². The van der Waals surface area contributed by atoms with Gasteiger partial charge in [-0.2, -0.15) is 5.26 Å². The number of aromatic nitrogens is 1. The second-order valence-electron chi connectivity index (χ2n) is 5.33. The highest BCUT2D eigenvalue weighted by atomic mass is 15.2. The zero-order valence-electron chi connectivity index (χ0n) is 11.1. The SMILES string of the molecule is CN(CC1CCC1)c1cc(C#N)c2ccccc2n1. The molecule has 1 fully saturated rings. The lowest BCUT2D eigenvalue weighted by molar-refractivity contribution is 0.321. The molecule has 0 bridgehead atoms. The highest BCUT2D eigenvalue weighted by Gasteiger charge is 2.20. The first-order chi connectivity index (χ1) is 9.28. The number of nitriles is 1. The number of benzene rings is 1. The smallest absolute Gasteiger partial charge is 0.130 e. The summed E-state index contributed by atoms with van der Waals surface area (Å²) in [5.41, 5.74) is 1.61. The molecule has 1 aliphatic carbocycles. The van der Waals surface area contributed by atoms with Crippen LogP contribution in [0.1, 0.15) is 24.8 Å². The molecule has 0 radical (unpaired) electrons. The molecule has 0 atom stereocenters. The van der Waals surface area contributed by atoms with Crippen LogP contribution in [0.3, 0.4) is 0 Å². The summed E-state index contributed by atoms with van der Waals surface area (Å²) in [5, 5.41) is 10.2. The van der Waals surface area contributed by atoms with Crippen LogP contribution in [-0.2, 0) is 0 Å². The maximum absolute atomic E-state index is 9.28. The summed E-state index contributed by atoms with van der Waals surface area (Å²) in [6.07, 6.45) is 4.00. The predicted octanol–water partition coefficient (Wildman–Crippen LogP) is 3.34. The van der Waals surface area contributed by atoms with Gasteiger partial charge < -0.3 is 4.90 Å². The summed E-state index contributed by atoms with van der Waals surface area (Å²) in [5.74, 6) is 1.70. The minimum absolute atomic E-state index is 0.709. The van der Waals surface area contributed by atoms with Crippen molar-refractivity contribution in [2.24, 2.45) is 5.92 Å². The topological polar surface area (TPSA) is 39.9 Å². The Labute approximate surface area is 113 Å². The van der Waals surface area contributed by atoms with Gasteiger partial charge in [0.2, 0.25) is 0 Å². The van der Waals surface area contributed by atoms with Crippen LogP contribution in [0.5, 0.6) is 0 Å². The molecule has 1 saturated carbocycles. The van der Waals surface area contributed by atoms with Crippen LogP contribution in [0.25, 0.3) is 10.9 Å². The largest absolute Gasteiger partial charge is 0.359 e. The minimum Gasteiger partial charge on any atom is -0.359 e. The molecule has 19 heavy (non-hydrogen) atoms. The van der Waals surface area contributed by atoms with Crippen molar-refractivity contribution in [1.29, 1.82) is 5.26 Å². The van der Waals surface area contributed by atoms with Crippen molar-refractivity contribution in [3.63, 3.8) is 0 Å². The maximum atomic E-state index is 9.28. The number of fused-ring (bicyclic) bond motifs is 1. The van der Waals surface area contributed by atoms with Crippen LogP contribution in [0.2, 0.25) is 0 Å². The first-order valence-electron chi connectivity index (χ1n) is 6.79. The molecule has 1 aromatic heterocycles. The molecule has 3 nitrogen and oxygen atoms in total. The summed E-state index contributed by atoms with van der Waals surface area (Å²) in [6.45, 7) is 1.04. The van der Waals surface area contributed by atoms with E-state index in [0.29, 0.717) is 5.56 Å². The van der Waals surface area contributed by atoms with Gasteiger partial charge in [0.05, 0.1) is 17.1 Å². The highest BCUT2D eigenvalue weighted by Crippen LogP contribution is 2.29. The second kappa shape index (κ2) is 4.89. The predicted molar refractivity (Wildman–Crippen MR) is 77.1 cm³/mol. The van der Waals surface area contributed by atoms with Gasteiger partial charge in [-0.3, -0.25) is 0 Å². The van der Waals surface area contributed by atoms with E-state index in [9.17, 15) is 5.26 Å². The van der Waals surface area contributed by atoms with Crippen LogP contribution in [0.4, 0.5) is 5.82 Å². The Bertz CT molecular complexity index is 638. The van der Waals surface area contributed by atoms with Crippen molar-refractivity contribution in [3.05, 3.63) is 35.9 Å². The molecule has 96 valence electrons. The molecule has 1 aliphatic rings. The molecule has 1 aromatic carbocycles. The van der Waals surface area contributed by atoms with Gasteiger partial charge in [0.1, 0.15) is 5.82 Å². The monoisotopic (exact) mass is 251 g/mol. The van der Waals surface area contributed by atoms with Gasteiger partial charge in [-0.15, -0.1) is 0 Å². The van der Waals surface area contributed by atoms with Crippen molar-refractivity contribution in [2.45, 2.75) is 19.3 Å². The number of para-hydroxylation sites is 1. The van der Waals surface area contributed by atoms with Gasteiger partial charge in [0.15, 0.2) is 0 Å². The van der Waals surface area contributed by atoms with Crippen molar-refractivity contribution in [1.82, 2.24) is 4.98 Å². The third-order valence-electron chi connectivity index (χ3n) is 3.97. The molecule has 0 unspecified atom stereocenters. The van der Waals surface area contributed by atoms with E-state index in [2.05, 4.69) is 23.0 Å². The van der Waals surface area contributed by atoms with Gasteiger partial charge >= 0.3 is 0 Å². The number of anilines is 1. The van der Waals surface area contributed by atoms with Crippen molar-refractivity contribution in [3.8, 4) is 6.07 Å². The minimum atomic E-state index is 0.709. The van der Waals surface area contributed by atoms with Crippen molar-refractivity contribution < 1.29 is 0 Å². The van der Waals surface area contributed by atoms with E-state index < -0.39 is 0 Å². The Morgan fingerprint density at radius 2 is 2.16 bits per heavy atom. The summed E-state index contributed by atoms with van der Waals surface area (Å²) in [4.78, 5) is 6.85. The van der Waals surface area contributed by atoms with Gasteiger partial charge in [0.25, 0.3) is 0 Å². The first kappa shape index (κ1) is 12.0. The van der Waals surface area contributed by atoms with Gasteiger partial charge in [-0.25, -0.2) is 4.98 Å². The molecule has 3 heteroatoms. The van der Waals surface area contributed by atoms with E-state index in [1.165, 1.54) is 19.3 Å². The normalized spacial score (nSPS) is 14.9. The molecule has 0 spiro atoms. The third-order valence-corrected chi connectivity index (χ3v) is 3.97. The Kier molecular flexibility index (Phi) is 3.08. The number of rotatable bonds is 3. The molecule has 0 amide bonds. The standard InChI is InChI=1S/C16H17N3/c1-19(11-12-5-4-6-12)16-9-13(10-17)14-7-2-3-8-15(14)18-16/h2-3,7-9,12H,4-6,11H2,1H3. The summed E-state index contributed by atoms with van der Waals surface area (Å²) in [7, 11) is 2.07. The average Bonchev–Trinajstić information content (AvgIpc) is 2.41. The van der Waals surface area contributed by atoms with E-state index in [-0.39, 0.29) is 0 Å². The summed E-state index contributed by atoms with van der Waals surface area (Å²) >= 11 is 0. The number of pyridine rings is 1. The van der Waals surface area contributed by atoms with Gasteiger partial charge in [-0.1, -0.05) is 24.6 Å². The zero-order valence-corrected chi connectivity index (χ0v) is 11.1. The first-order valence-corrected chi connectivity index (χ1v) is 6.79. The highest BCUT2D eigenvalue weighted by molar-refractivity contribution is 5.86. The molecule has 0 saturated heterocycles. The number of nitrogens with zero attached hydrogens (tertiary/aromatic N) is 3. The quantitative estimate of drug-likeness (QED) is 0.840. The Morgan fingerprint density at radius 3 is 2.84 bits per heavy atom. The molecule has 0 N–H and O–H groups in total. The van der Waals surface area contributed by atoms with Gasteiger partial charge in [0, 0.05) is 19.0 Å². The van der Waals surface area contributed by atoms with Crippen LogP contribution in [0, 0.1) is 17.2 Å². The Morgan fingerprint density at radius 1 is 1.37 bits per heavy atom. The molecular weight excluding hydrogens is 234 g/mol. The molecule has 3 rings (SSSR count). The Balaban J connectivity index is 1.97. The van der Waals surface area contributed by atoms with E-state index in [0.717, 1.165) is 29.2 Å². The molecular formula is C16H17N3. The van der Waals surface area contributed by atoms with Crippen LogP contribution in [-0.4, -0.2) is 18.6 Å². The third kappa shape index (κ3) is 2.26. The lowest BCUT2D eigenvalue weighted by Crippen LogP contribution is -2.29. The molecule has 2 aromatic rings. The van der Waals surface area contributed by atoms with E-state index in [1.54, 1.807) is 0 Å². The van der Waals surface area contributed by atoms with Crippen molar-refractivity contribution >= 4 is 16.7 Å². The second-order valence-corrected chi connectivity index (χ2v) is 5.33. The van der Waals surface area contributed by atoms with E-state index >= 15 is 0 Å². The lowest BCUT2D eigenvalue weighted by Gasteiger charge is -2.30. The fourth-order valence-electron chi connectivity index (χ4n) is 2.61. The fraction of sp³-hybridized carbons (Fsp3) is 0.375. The lowest BCUT2D eigenvalue weighted by atomic mass is 9.85. The summed E-state index contributed by atoms with van der Waals surface area (Å²) < 4.78 is 0. The zero-order chi connectivity index (χ0) is 13.2. The maximum Gasteiger partial charge on any atom is 0.130 e. The van der Waals surface area contributed by atoms with Crippen LogP contribution in [0.15, 0.2) is 30.3 Å². The van der Waals surface area contributed by atoms with Crippen LogP contribution < -0.4 is 4.90 Å². The summed E-state index contributed by atoms with van der Waals surface area (Å²) in [6, 6.07) is 12.0. The molecule has 1 heterocycles. The fourth-order valence-corrected chi connectivity index (χ4v) is 2.61. The van der Waals surface area contributed by atoms with E-state index in [4.69, 9.17) is 0 Å². The Hall–Kier alpha value is -2.08. The van der Waals surface area contributed by atoms with Gasteiger partial charge in [-0.05, 0) is 30.9 Å². The number of hydrogen-bond acceptors (Lipinski definition) is 3. The number of hydrogen-bond donors (Lipinski definition) is 0. The van der Waals surface area contributed by atoms with E-state index in [1.807, 2.05) is 30.3 Å². The average molecular weight is 251 g/mol. The molecule has 0 aliphatic heterocycles.